The smallest absolute Gasteiger partial charge is 0.305 e. The molecule has 1 saturated heterocycles. The Balaban J connectivity index is 0.00000169. The summed E-state index contributed by atoms with van der Waals surface area (Å²) in [6, 6.07) is -0.0235. The van der Waals surface area contributed by atoms with Crippen molar-refractivity contribution in [3.8, 4) is 0 Å². The minimum Gasteiger partial charge on any atom is -0.469 e. The first-order chi connectivity index (χ1) is 6.24. The molecule has 5 heteroatoms. The highest BCUT2D eigenvalue weighted by Gasteiger charge is 2.21. The highest BCUT2D eigenvalue weighted by Crippen LogP contribution is 2.08. The molecule has 1 atom stereocenters. The summed E-state index contributed by atoms with van der Waals surface area (Å²) in [5.74, 6) is -0.186. The molecule has 0 aliphatic carbocycles. The number of esters is 1. The van der Waals surface area contributed by atoms with Crippen LogP contribution < -0.4 is 5.32 Å². The Morgan fingerprint density at radius 3 is 2.64 bits per heavy atom. The number of hydrogen-bond acceptors (Lipinski definition) is 4. The van der Waals surface area contributed by atoms with Crippen molar-refractivity contribution in [1.82, 2.24) is 5.32 Å². The minimum absolute atomic E-state index is 0. The molecule has 1 unspecified atom stereocenters. The van der Waals surface area contributed by atoms with Gasteiger partial charge in [-0.15, -0.1) is 12.4 Å². The molecule has 0 aromatic carbocycles. The van der Waals surface area contributed by atoms with Crippen LogP contribution in [0.4, 0.5) is 0 Å². The molecule has 1 aliphatic rings. The van der Waals surface area contributed by atoms with Crippen molar-refractivity contribution < 1.29 is 14.3 Å². The Bertz CT molecular complexity index is 202. The van der Waals surface area contributed by atoms with Crippen LogP contribution in [-0.4, -0.2) is 31.4 Å². The zero-order valence-corrected chi connectivity index (χ0v) is 9.06. The van der Waals surface area contributed by atoms with E-state index in [1.165, 1.54) is 7.11 Å². The van der Waals surface area contributed by atoms with Gasteiger partial charge in [-0.25, -0.2) is 0 Å². The van der Waals surface area contributed by atoms with Crippen LogP contribution in [0.3, 0.4) is 0 Å². The van der Waals surface area contributed by atoms with E-state index in [1.807, 2.05) is 0 Å². The second kappa shape index (κ2) is 6.79. The molecule has 1 rings (SSSR count). The van der Waals surface area contributed by atoms with Crippen LogP contribution in [0.2, 0.25) is 0 Å². The number of ketones is 1. The third kappa shape index (κ3) is 4.07. The average molecular weight is 222 g/mol. The number of hydrogen-bond donors (Lipinski definition) is 1. The topological polar surface area (TPSA) is 55.4 Å². The maximum atomic E-state index is 11.4. The second-order valence-electron chi connectivity index (χ2n) is 3.19. The summed E-state index contributed by atoms with van der Waals surface area (Å²) in [6.45, 7) is 0.911. The van der Waals surface area contributed by atoms with E-state index in [9.17, 15) is 9.59 Å². The van der Waals surface area contributed by atoms with Crippen LogP contribution in [0.1, 0.15) is 25.7 Å². The van der Waals surface area contributed by atoms with Crippen molar-refractivity contribution in [2.75, 3.05) is 13.7 Å². The Hall–Kier alpha value is -0.610. The van der Waals surface area contributed by atoms with Crippen LogP contribution in [0.5, 0.6) is 0 Å². The van der Waals surface area contributed by atoms with Crippen molar-refractivity contribution in [3.05, 3.63) is 0 Å². The number of carbonyl (C=O) groups is 2. The Labute approximate surface area is 89.8 Å². The third-order valence-corrected chi connectivity index (χ3v) is 2.25. The highest BCUT2D eigenvalue weighted by molar-refractivity contribution is 5.87. The first kappa shape index (κ1) is 13.4. The van der Waals surface area contributed by atoms with Gasteiger partial charge in [0, 0.05) is 6.42 Å². The molecular weight excluding hydrogens is 206 g/mol. The van der Waals surface area contributed by atoms with Gasteiger partial charge in [0.1, 0.15) is 5.78 Å². The van der Waals surface area contributed by atoms with Crippen molar-refractivity contribution in [2.45, 2.75) is 31.7 Å². The van der Waals surface area contributed by atoms with Crippen molar-refractivity contribution in [1.29, 1.82) is 0 Å². The van der Waals surface area contributed by atoms with Crippen LogP contribution in [0.25, 0.3) is 0 Å². The number of nitrogens with one attached hydrogen (secondary N) is 1. The first-order valence-electron chi connectivity index (χ1n) is 4.57. The predicted octanol–water partition coefficient (Wildman–Crippen LogP) is 0.682. The Kier molecular flexibility index (Phi) is 6.49. The van der Waals surface area contributed by atoms with Crippen LogP contribution >= 0.6 is 12.4 Å². The van der Waals surface area contributed by atoms with Crippen LogP contribution in [0, 0.1) is 0 Å². The quantitative estimate of drug-likeness (QED) is 0.710. The Morgan fingerprint density at radius 1 is 1.43 bits per heavy atom. The number of rotatable bonds is 4. The number of ether oxygens (including phenoxy) is 1. The zero-order valence-electron chi connectivity index (χ0n) is 8.25. The summed E-state index contributed by atoms with van der Waals surface area (Å²) in [4.78, 5) is 22.1. The molecule has 0 amide bonds. The SMILES string of the molecule is COC(=O)CCC(=O)C1CCCN1.Cl. The molecule has 1 heterocycles. The predicted molar refractivity (Wildman–Crippen MR) is 54.5 cm³/mol. The van der Waals surface area contributed by atoms with Gasteiger partial charge < -0.3 is 10.1 Å². The minimum atomic E-state index is -0.314. The summed E-state index contributed by atoms with van der Waals surface area (Å²) in [5, 5.41) is 3.10. The molecule has 0 saturated carbocycles. The van der Waals surface area contributed by atoms with E-state index < -0.39 is 0 Å². The van der Waals surface area contributed by atoms with Crippen molar-refractivity contribution in [2.24, 2.45) is 0 Å². The lowest BCUT2D eigenvalue weighted by molar-refractivity contribution is -0.142. The van der Waals surface area contributed by atoms with Crippen molar-refractivity contribution >= 4 is 24.2 Å². The highest BCUT2D eigenvalue weighted by atomic mass is 35.5. The maximum Gasteiger partial charge on any atom is 0.305 e. The van der Waals surface area contributed by atoms with Crippen LogP contribution in [-0.2, 0) is 14.3 Å². The van der Waals surface area contributed by atoms with Gasteiger partial charge in [-0.05, 0) is 19.4 Å². The van der Waals surface area contributed by atoms with E-state index in [0.29, 0.717) is 6.42 Å². The molecule has 14 heavy (non-hydrogen) atoms. The molecule has 0 bridgehead atoms. The normalized spacial score (nSPS) is 19.9. The van der Waals surface area contributed by atoms with Gasteiger partial charge >= 0.3 is 5.97 Å². The summed E-state index contributed by atoms with van der Waals surface area (Å²) in [7, 11) is 1.33. The number of carbonyl (C=O) groups excluding carboxylic acids is 2. The van der Waals surface area contributed by atoms with Gasteiger partial charge in [0.2, 0.25) is 0 Å². The summed E-state index contributed by atoms with van der Waals surface area (Å²) < 4.78 is 4.45. The lowest BCUT2D eigenvalue weighted by atomic mass is 10.1. The van der Waals surface area contributed by atoms with Gasteiger partial charge in [0.05, 0.1) is 19.6 Å². The van der Waals surface area contributed by atoms with E-state index in [1.54, 1.807) is 0 Å². The van der Waals surface area contributed by atoms with E-state index in [0.717, 1.165) is 19.4 Å². The summed E-state index contributed by atoms with van der Waals surface area (Å²) in [6.07, 6.45) is 2.45. The molecule has 82 valence electrons. The molecule has 1 fully saturated rings. The standard InChI is InChI=1S/C9H15NO3.ClH/c1-13-9(12)5-4-8(11)7-3-2-6-10-7;/h7,10H,2-6H2,1H3;1H. The van der Waals surface area contributed by atoms with E-state index in [-0.39, 0.29) is 36.6 Å². The first-order valence-corrected chi connectivity index (χ1v) is 4.57. The molecule has 0 aromatic heterocycles. The fourth-order valence-electron chi connectivity index (χ4n) is 1.46. The van der Waals surface area contributed by atoms with Crippen LogP contribution in [0.15, 0.2) is 0 Å². The second-order valence-corrected chi connectivity index (χ2v) is 3.19. The van der Waals surface area contributed by atoms with Gasteiger partial charge in [0.15, 0.2) is 0 Å². The molecule has 1 aliphatic heterocycles. The average Bonchev–Trinajstić information content (AvgIpc) is 2.66. The van der Waals surface area contributed by atoms with Gasteiger partial charge in [-0.2, -0.15) is 0 Å². The summed E-state index contributed by atoms with van der Waals surface area (Å²) in [5.41, 5.74) is 0. The fourth-order valence-corrected chi connectivity index (χ4v) is 1.46. The Morgan fingerprint density at radius 2 is 2.14 bits per heavy atom. The summed E-state index contributed by atoms with van der Waals surface area (Å²) >= 11 is 0. The molecule has 4 nitrogen and oxygen atoms in total. The third-order valence-electron chi connectivity index (χ3n) is 2.25. The lowest BCUT2D eigenvalue weighted by Gasteiger charge is -2.07. The van der Waals surface area contributed by atoms with E-state index in [4.69, 9.17) is 0 Å². The lowest BCUT2D eigenvalue weighted by Crippen LogP contribution is -2.30. The molecule has 0 spiro atoms. The fraction of sp³-hybridized carbons (Fsp3) is 0.778. The number of methoxy groups -OCH3 is 1. The van der Waals surface area contributed by atoms with Crippen molar-refractivity contribution in [3.63, 3.8) is 0 Å². The van der Waals surface area contributed by atoms with Gasteiger partial charge in [-0.1, -0.05) is 0 Å². The maximum absolute atomic E-state index is 11.4. The molecular formula is C9H16ClNO3. The largest absolute Gasteiger partial charge is 0.469 e. The van der Waals surface area contributed by atoms with Gasteiger partial charge in [0.25, 0.3) is 0 Å². The number of Topliss-reactive ketones (excluding diaryl/α,β-unsaturated/α-hetero) is 1. The monoisotopic (exact) mass is 221 g/mol. The molecule has 0 radical (unpaired) electrons. The zero-order chi connectivity index (χ0) is 9.68. The van der Waals surface area contributed by atoms with E-state index >= 15 is 0 Å². The molecule has 0 aromatic rings. The van der Waals surface area contributed by atoms with Gasteiger partial charge in [-0.3, -0.25) is 9.59 Å². The van der Waals surface area contributed by atoms with E-state index in [2.05, 4.69) is 10.1 Å². The number of halogens is 1. The molecule has 1 N–H and O–H groups in total.